The number of nitrogens with one attached hydrogen (secondary N) is 1. The Bertz CT molecular complexity index is 523. The molecule has 0 saturated heterocycles. The van der Waals surface area contributed by atoms with Gasteiger partial charge in [-0.1, -0.05) is 12.1 Å². The van der Waals surface area contributed by atoms with Crippen molar-refractivity contribution in [3.8, 4) is 5.75 Å². The van der Waals surface area contributed by atoms with Crippen molar-refractivity contribution >= 4 is 16.6 Å². The van der Waals surface area contributed by atoms with Crippen LogP contribution in [0.15, 0.2) is 43.1 Å². The van der Waals surface area contributed by atoms with E-state index in [0.717, 1.165) is 35.3 Å². The summed E-state index contributed by atoms with van der Waals surface area (Å²) in [6.45, 7) is 4.54. The van der Waals surface area contributed by atoms with E-state index in [2.05, 4.69) is 16.9 Å². The number of benzene rings is 1. The third-order valence-electron chi connectivity index (χ3n) is 2.61. The maximum atomic E-state index is 5.23. The Kier molecular flexibility index (Phi) is 3.60. The number of fused-ring (bicyclic) bond motifs is 1. The highest BCUT2D eigenvalue weighted by molar-refractivity contribution is 5.92. The zero-order valence-corrected chi connectivity index (χ0v) is 9.94. The van der Waals surface area contributed by atoms with Crippen LogP contribution in [0.5, 0.6) is 5.75 Å². The Balaban J connectivity index is 2.36. The average molecular weight is 228 g/mol. The normalized spacial score (nSPS) is 10.2. The minimum Gasteiger partial charge on any atom is -0.497 e. The molecular weight excluding hydrogens is 212 g/mol. The van der Waals surface area contributed by atoms with E-state index in [1.807, 2.05) is 36.5 Å². The standard InChI is InChI=1S/C14H16N2O/c1-3-4-8-15-14-13-10-12(17-2)6-5-11(13)7-9-16-14/h3,5-7,9-10H,1,4,8H2,2H3,(H,15,16). The smallest absolute Gasteiger partial charge is 0.133 e. The van der Waals surface area contributed by atoms with E-state index in [1.54, 1.807) is 7.11 Å². The van der Waals surface area contributed by atoms with E-state index in [9.17, 15) is 0 Å². The van der Waals surface area contributed by atoms with Gasteiger partial charge in [-0.25, -0.2) is 4.98 Å². The molecule has 0 aliphatic heterocycles. The van der Waals surface area contributed by atoms with Gasteiger partial charge in [0.15, 0.2) is 0 Å². The number of hydrogen-bond donors (Lipinski definition) is 1. The number of anilines is 1. The second kappa shape index (κ2) is 5.34. The zero-order valence-electron chi connectivity index (χ0n) is 9.94. The molecule has 1 heterocycles. The summed E-state index contributed by atoms with van der Waals surface area (Å²) in [4.78, 5) is 4.35. The van der Waals surface area contributed by atoms with Crippen LogP contribution in [0.25, 0.3) is 10.8 Å². The van der Waals surface area contributed by atoms with Gasteiger partial charge in [0.2, 0.25) is 0 Å². The molecule has 0 amide bonds. The van der Waals surface area contributed by atoms with Crippen LogP contribution in [-0.2, 0) is 0 Å². The maximum absolute atomic E-state index is 5.23. The van der Waals surface area contributed by atoms with E-state index < -0.39 is 0 Å². The molecule has 0 radical (unpaired) electrons. The fourth-order valence-corrected chi connectivity index (χ4v) is 1.71. The third-order valence-corrected chi connectivity index (χ3v) is 2.61. The highest BCUT2D eigenvalue weighted by atomic mass is 16.5. The van der Waals surface area contributed by atoms with Crippen molar-refractivity contribution in [3.05, 3.63) is 43.1 Å². The highest BCUT2D eigenvalue weighted by Gasteiger charge is 2.02. The minimum absolute atomic E-state index is 0.840. The van der Waals surface area contributed by atoms with E-state index in [0.29, 0.717) is 0 Å². The Labute approximate surface area is 101 Å². The van der Waals surface area contributed by atoms with Crippen molar-refractivity contribution in [2.24, 2.45) is 0 Å². The largest absolute Gasteiger partial charge is 0.497 e. The number of nitrogens with zero attached hydrogens (tertiary/aromatic N) is 1. The summed E-state index contributed by atoms with van der Waals surface area (Å²) in [7, 11) is 1.67. The molecule has 0 aliphatic carbocycles. The Hall–Kier alpha value is -2.03. The summed E-state index contributed by atoms with van der Waals surface area (Å²) in [5.74, 6) is 1.74. The maximum Gasteiger partial charge on any atom is 0.133 e. The molecule has 2 rings (SSSR count). The fourth-order valence-electron chi connectivity index (χ4n) is 1.71. The lowest BCUT2D eigenvalue weighted by molar-refractivity contribution is 0.415. The molecule has 1 aromatic heterocycles. The van der Waals surface area contributed by atoms with Gasteiger partial charge in [-0.2, -0.15) is 0 Å². The van der Waals surface area contributed by atoms with E-state index >= 15 is 0 Å². The molecule has 0 bridgehead atoms. The first kappa shape index (κ1) is 11.5. The molecule has 0 aliphatic rings. The van der Waals surface area contributed by atoms with E-state index in [4.69, 9.17) is 4.74 Å². The molecule has 17 heavy (non-hydrogen) atoms. The van der Waals surface area contributed by atoms with Crippen molar-refractivity contribution < 1.29 is 4.74 Å². The van der Waals surface area contributed by atoms with Gasteiger partial charge in [-0.15, -0.1) is 6.58 Å². The van der Waals surface area contributed by atoms with Gasteiger partial charge in [0, 0.05) is 18.1 Å². The second-order valence-electron chi connectivity index (χ2n) is 3.75. The first-order chi connectivity index (χ1) is 8.35. The lowest BCUT2D eigenvalue weighted by atomic mass is 10.1. The first-order valence-electron chi connectivity index (χ1n) is 5.62. The Morgan fingerprint density at radius 1 is 1.41 bits per heavy atom. The Morgan fingerprint density at radius 3 is 3.06 bits per heavy atom. The molecule has 1 aromatic carbocycles. The highest BCUT2D eigenvalue weighted by Crippen LogP contribution is 2.25. The van der Waals surface area contributed by atoms with E-state index in [-0.39, 0.29) is 0 Å². The lowest BCUT2D eigenvalue weighted by Crippen LogP contribution is -2.02. The van der Waals surface area contributed by atoms with Crippen LogP contribution < -0.4 is 10.1 Å². The quantitative estimate of drug-likeness (QED) is 0.630. The van der Waals surface area contributed by atoms with Crippen LogP contribution in [0.3, 0.4) is 0 Å². The van der Waals surface area contributed by atoms with E-state index in [1.165, 1.54) is 0 Å². The van der Waals surface area contributed by atoms with Gasteiger partial charge in [-0.3, -0.25) is 0 Å². The summed E-state index contributed by atoms with van der Waals surface area (Å²) in [5, 5.41) is 5.54. The summed E-state index contributed by atoms with van der Waals surface area (Å²) in [5.41, 5.74) is 0. The monoisotopic (exact) mass is 228 g/mol. The molecule has 0 saturated carbocycles. The molecule has 0 spiro atoms. The van der Waals surface area contributed by atoms with Crippen molar-refractivity contribution in [1.82, 2.24) is 4.98 Å². The van der Waals surface area contributed by atoms with Gasteiger partial charge in [0.1, 0.15) is 11.6 Å². The Morgan fingerprint density at radius 2 is 2.29 bits per heavy atom. The number of methoxy groups -OCH3 is 1. The van der Waals surface area contributed by atoms with Crippen LogP contribution in [0, 0.1) is 0 Å². The van der Waals surface area contributed by atoms with Crippen LogP contribution in [0.4, 0.5) is 5.82 Å². The van der Waals surface area contributed by atoms with Crippen molar-refractivity contribution in [2.75, 3.05) is 19.0 Å². The third kappa shape index (κ3) is 2.56. The second-order valence-corrected chi connectivity index (χ2v) is 3.75. The van der Waals surface area contributed by atoms with Crippen molar-refractivity contribution in [3.63, 3.8) is 0 Å². The van der Waals surface area contributed by atoms with Crippen LogP contribution in [0.2, 0.25) is 0 Å². The van der Waals surface area contributed by atoms with Crippen LogP contribution >= 0.6 is 0 Å². The number of rotatable bonds is 5. The lowest BCUT2D eigenvalue weighted by Gasteiger charge is -2.08. The van der Waals surface area contributed by atoms with Crippen LogP contribution in [-0.4, -0.2) is 18.6 Å². The molecule has 3 nitrogen and oxygen atoms in total. The minimum atomic E-state index is 0.840. The molecule has 0 fully saturated rings. The number of hydrogen-bond acceptors (Lipinski definition) is 3. The van der Waals surface area contributed by atoms with Gasteiger partial charge in [0.25, 0.3) is 0 Å². The average Bonchev–Trinajstić information content (AvgIpc) is 2.39. The zero-order chi connectivity index (χ0) is 12.1. The van der Waals surface area contributed by atoms with Gasteiger partial charge < -0.3 is 10.1 Å². The summed E-state index contributed by atoms with van der Waals surface area (Å²) in [6.07, 6.45) is 4.62. The van der Waals surface area contributed by atoms with Crippen LogP contribution in [0.1, 0.15) is 6.42 Å². The number of ether oxygens (including phenoxy) is 1. The molecule has 88 valence electrons. The SMILES string of the molecule is C=CCCNc1nccc2ccc(OC)cc12. The molecule has 2 aromatic rings. The van der Waals surface area contributed by atoms with Crippen molar-refractivity contribution in [1.29, 1.82) is 0 Å². The number of pyridine rings is 1. The predicted octanol–water partition coefficient (Wildman–Crippen LogP) is 3.23. The molecular formula is C14H16N2O. The first-order valence-corrected chi connectivity index (χ1v) is 5.62. The molecule has 0 atom stereocenters. The van der Waals surface area contributed by atoms with Gasteiger partial charge in [-0.05, 0) is 30.0 Å². The fraction of sp³-hybridized carbons (Fsp3) is 0.214. The van der Waals surface area contributed by atoms with Gasteiger partial charge >= 0.3 is 0 Å². The predicted molar refractivity (Wildman–Crippen MR) is 71.6 cm³/mol. The van der Waals surface area contributed by atoms with Gasteiger partial charge in [0.05, 0.1) is 7.11 Å². The number of aromatic nitrogens is 1. The summed E-state index contributed by atoms with van der Waals surface area (Å²) < 4.78 is 5.23. The van der Waals surface area contributed by atoms with Crippen molar-refractivity contribution in [2.45, 2.75) is 6.42 Å². The summed E-state index contributed by atoms with van der Waals surface area (Å²) >= 11 is 0. The summed E-state index contributed by atoms with van der Waals surface area (Å²) in [6, 6.07) is 7.98. The topological polar surface area (TPSA) is 34.2 Å². The molecule has 0 unspecified atom stereocenters. The molecule has 3 heteroatoms. The molecule has 1 N–H and O–H groups in total.